The lowest BCUT2D eigenvalue weighted by Crippen LogP contribution is -1.93. The Kier molecular flexibility index (Phi) is 1.80. The summed E-state index contributed by atoms with van der Waals surface area (Å²) in [5, 5.41) is 0. The molecule has 3 nitrogen and oxygen atoms in total. The van der Waals surface area contributed by atoms with Gasteiger partial charge in [-0.05, 0) is 34.5 Å². The molecule has 0 atom stereocenters. The fraction of sp³-hybridized carbons (Fsp3) is 0.222. The number of hydrogen-bond donors (Lipinski definition) is 1. The SMILES string of the molecule is Cc1cc2c(ncn2C)c(Br)c1N. The molecule has 13 heavy (non-hydrogen) atoms. The van der Waals surface area contributed by atoms with Crippen LogP contribution in [0.3, 0.4) is 0 Å². The first-order valence-electron chi connectivity index (χ1n) is 3.97. The van der Waals surface area contributed by atoms with Gasteiger partial charge in [0, 0.05) is 7.05 Å². The van der Waals surface area contributed by atoms with Crippen LogP contribution in [0, 0.1) is 6.92 Å². The lowest BCUT2D eigenvalue weighted by Gasteiger charge is -2.04. The highest BCUT2D eigenvalue weighted by Gasteiger charge is 2.09. The van der Waals surface area contributed by atoms with Crippen molar-refractivity contribution in [2.24, 2.45) is 7.05 Å². The first kappa shape index (κ1) is 8.56. The summed E-state index contributed by atoms with van der Waals surface area (Å²) in [5.41, 5.74) is 9.72. The average molecular weight is 240 g/mol. The van der Waals surface area contributed by atoms with Crippen molar-refractivity contribution >= 4 is 32.7 Å². The molecule has 0 radical (unpaired) electrons. The second-order valence-electron chi connectivity index (χ2n) is 3.14. The fourth-order valence-electron chi connectivity index (χ4n) is 1.36. The van der Waals surface area contributed by atoms with Gasteiger partial charge in [0.15, 0.2) is 0 Å². The van der Waals surface area contributed by atoms with Crippen LogP contribution in [0.15, 0.2) is 16.9 Å². The van der Waals surface area contributed by atoms with Crippen molar-refractivity contribution in [1.29, 1.82) is 0 Å². The Bertz CT molecular complexity index is 473. The van der Waals surface area contributed by atoms with Crippen molar-refractivity contribution in [3.63, 3.8) is 0 Å². The molecule has 1 aromatic heterocycles. The summed E-state index contributed by atoms with van der Waals surface area (Å²) in [6.45, 7) is 1.99. The van der Waals surface area contributed by atoms with Gasteiger partial charge < -0.3 is 10.3 Å². The van der Waals surface area contributed by atoms with Gasteiger partial charge >= 0.3 is 0 Å². The third-order valence-corrected chi connectivity index (χ3v) is 3.01. The first-order valence-corrected chi connectivity index (χ1v) is 4.76. The molecule has 0 bridgehead atoms. The van der Waals surface area contributed by atoms with Gasteiger partial charge in [-0.15, -0.1) is 0 Å². The van der Waals surface area contributed by atoms with Crippen LogP contribution in [0.5, 0.6) is 0 Å². The molecule has 2 N–H and O–H groups in total. The maximum absolute atomic E-state index is 5.86. The number of benzene rings is 1. The normalized spacial score (nSPS) is 11.0. The van der Waals surface area contributed by atoms with E-state index in [-0.39, 0.29) is 0 Å². The fourth-order valence-corrected chi connectivity index (χ4v) is 1.98. The lowest BCUT2D eigenvalue weighted by molar-refractivity contribution is 0.947. The van der Waals surface area contributed by atoms with E-state index in [9.17, 15) is 0 Å². The number of halogens is 1. The van der Waals surface area contributed by atoms with Crippen LogP contribution in [0.2, 0.25) is 0 Å². The molecule has 0 aliphatic heterocycles. The Labute approximate surface area is 84.7 Å². The van der Waals surface area contributed by atoms with E-state index >= 15 is 0 Å². The number of aromatic nitrogens is 2. The molecule has 0 aliphatic carbocycles. The Morgan fingerprint density at radius 3 is 2.92 bits per heavy atom. The first-order chi connectivity index (χ1) is 6.11. The van der Waals surface area contributed by atoms with Gasteiger partial charge in [0.25, 0.3) is 0 Å². The standard InChI is InChI=1S/C9H10BrN3/c1-5-3-6-9(7(10)8(5)11)12-4-13(6)2/h3-4H,11H2,1-2H3. The smallest absolute Gasteiger partial charge is 0.105 e. The van der Waals surface area contributed by atoms with E-state index in [0.717, 1.165) is 26.8 Å². The van der Waals surface area contributed by atoms with Gasteiger partial charge in [-0.2, -0.15) is 0 Å². The molecule has 2 aromatic rings. The highest BCUT2D eigenvalue weighted by Crippen LogP contribution is 2.30. The van der Waals surface area contributed by atoms with Gasteiger partial charge in [-0.25, -0.2) is 4.98 Å². The summed E-state index contributed by atoms with van der Waals surface area (Å²) >= 11 is 3.44. The van der Waals surface area contributed by atoms with Crippen molar-refractivity contribution in [2.75, 3.05) is 5.73 Å². The number of anilines is 1. The second-order valence-corrected chi connectivity index (χ2v) is 3.94. The lowest BCUT2D eigenvalue weighted by atomic mass is 10.2. The molecule has 1 heterocycles. The van der Waals surface area contributed by atoms with Crippen molar-refractivity contribution in [2.45, 2.75) is 6.92 Å². The van der Waals surface area contributed by atoms with Crippen molar-refractivity contribution in [3.05, 3.63) is 22.4 Å². The quantitative estimate of drug-likeness (QED) is 0.717. The molecule has 2 rings (SSSR count). The molecule has 1 aromatic carbocycles. The molecule has 0 fully saturated rings. The Morgan fingerprint density at radius 1 is 1.54 bits per heavy atom. The van der Waals surface area contributed by atoms with Gasteiger partial charge in [-0.3, -0.25) is 0 Å². The predicted octanol–water partition coefficient (Wildman–Crippen LogP) is 2.23. The summed E-state index contributed by atoms with van der Waals surface area (Å²) < 4.78 is 2.87. The number of hydrogen-bond acceptors (Lipinski definition) is 2. The average Bonchev–Trinajstić information content (AvgIpc) is 2.45. The summed E-state index contributed by atoms with van der Waals surface area (Å²) in [6.07, 6.45) is 1.79. The maximum Gasteiger partial charge on any atom is 0.105 e. The van der Waals surface area contributed by atoms with Gasteiger partial charge in [0.2, 0.25) is 0 Å². The Balaban J connectivity index is 2.96. The third kappa shape index (κ3) is 1.13. The summed E-state index contributed by atoms with van der Waals surface area (Å²) in [4.78, 5) is 4.26. The number of rotatable bonds is 0. The van der Waals surface area contributed by atoms with Crippen molar-refractivity contribution in [3.8, 4) is 0 Å². The van der Waals surface area contributed by atoms with E-state index in [2.05, 4.69) is 20.9 Å². The largest absolute Gasteiger partial charge is 0.398 e. The molecular formula is C9H10BrN3. The van der Waals surface area contributed by atoms with Gasteiger partial charge in [0.05, 0.1) is 22.0 Å². The number of aryl methyl sites for hydroxylation is 2. The minimum Gasteiger partial charge on any atom is -0.398 e. The third-order valence-electron chi connectivity index (χ3n) is 2.21. The molecule has 68 valence electrons. The van der Waals surface area contributed by atoms with Crippen LogP contribution in [0.1, 0.15) is 5.56 Å². The molecule has 0 unspecified atom stereocenters. The monoisotopic (exact) mass is 239 g/mol. The maximum atomic E-state index is 5.86. The number of nitrogen functional groups attached to an aromatic ring is 1. The minimum atomic E-state index is 0.770. The van der Waals surface area contributed by atoms with Crippen LogP contribution in [0.25, 0.3) is 11.0 Å². The molecule has 0 saturated carbocycles. The zero-order valence-corrected chi connectivity index (χ0v) is 9.09. The number of nitrogens with two attached hydrogens (primary N) is 1. The Hall–Kier alpha value is -1.03. The molecule has 0 spiro atoms. The number of imidazole rings is 1. The number of fused-ring (bicyclic) bond motifs is 1. The van der Waals surface area contributed by atoms with E-state index in [0.29, 0.717) is 0 Å². The van der Waals surface area contributed by atoms with Crippen LogP contribution < -0.4 is 5.73 Å². The zero-order valence-electron chi connectivity index (χ0n) is 7.50. The highest BCUT2D eigenvalue weighted by molar-refractivity contribution is 9.10. The van der Waals surface area contributed by atoms with E-state index in [1.54, 1.807) is 6.33 Å². The van der Waals surface area contributed by atoms with Crippen LogP contribution in [-0.4, -0.2) is 9.55 Å². The summed E-state index contributed by atoms with van der Waals surface area (Å²) in [5.74, 6) is 0. The highest BCUT2D eigenvalue weighted by atomic mass is 79.9. The van der Waals surface area contributed by atoms with E-state index < -0.39 is 0 Å². The number of nitrogens with zero attached hydrogens (tertiary/aromatic N) is 2. The minimum absolute atomic E-state index is 0.770. The van der Waals surface area contributed by atoms with Gasteiger partial charge in [0.1, 0.15) is 5.52 Å². The van der Waals surface area contributed by atoms with E-state index in [1.165, 1.54) is 0 Å². The molecular weight excluding hydrogens is 230 g/mol. The summed E-state index contributed by atoms with van der Waals surface area (Å²) in [6, 6.07) is 2.04. The van der Waals surface area contributed by atoms with Crippen molar-refractivity contribution < 1.29 is 0 Å². The van der Waals surface area contributed by atoms with E-state index in [4.69, 9.17) is 5.73 Å². The van der Waals surface area contributed by atoms with Crippen molar-refractivity contribution in [1.82, 2.24) is 9.55 Å². The summed E-state index contributed by atoms with van der Waals surface area (Å²) in [7, 11) is 1.97. The van der Waals surface area contributed by atoms with Crippen LogP contribution in [-0.2, 0) is 7.05 Å². The van der Waals surface area contributed by atoms with E-state index in [1.807, 2.05) is 24.6 Å². The topological polar surface area (TPSA) is 43.8 Å². The Morgan fingerprint density at radius 2 is 2.23 bits per heavy atom. The van der Waals surface area contributed by atoms with Gasteiger partial charge in [-0.1, -0.05) is 0 Å². The zero-order chi connectivity index (χ0) is 9.59. The van der Waals surface area contributed by atoms with Crippen LogP contribution in [0.4, 0.5) is 5.69 Å². The second kappa shape index (κ2) is 2.73. The molecule has 0 amide bonds. The van der Waals surface area contributed by atoms with Crippen LogP contribution >= 0.6 is 15.9 Å². The molecule has 0 aliphatic rings. The molecule has 0 saturated heterocycles. The molecule has 4 heteroatoms. The predicted molar refractivity (Wildman–Crippen MR) is 57.6 cm³/mol.